The van der Waals surface area contributed by atoms with Gasteiger partial charge >= 0.3 is 5.69 Å². The Bertz CT molecular complexity index is 519. The summed E-state index contributed by atoms with van der Waals surface area (Å²) >= 11 is 0. The Balaban J connectivity index is 2.12. The molecule has 90 valence electrons. The van der Waals surface area contributed by atoms with Crippen molar-refractivity contribution in [1.82, 2.24) is 14.5 Å². The molecule has 6 heteroatoms. The number of anilines is 1. The summed E-state index contributed by atoms with van der Waals surface area (Å²) in [6.45, 7) is 3.13. The van der Waals surface area contributed by atoms with Crippen molar-refractivity contribution in [2.45, 2.75) is 19.9 Å². The molecule has 0 saturated heterocycles. The van der Waals surface area contributed by atoms with Crippen molar-refractivity contribution in [1.29, 1.82) is 0 Å². The second-order valence-corrected chi connectivity index (χ2v) is 3.60. The molecule has 17 heavy (non-hydrogen) atoms. The third-order valence-electron chi connectivity index (χ3n) is 2.21. The molecular weight excluding hydrogens is 220 g/mol. The summed E-state index contributed by atoms with van der Waals surface area (Å²) in [6, 6.07) is 3.58. The Kier molecular flexibility index (Phi) is 3.54. The van der Waals surface area contributed by atoms with Gasteiger partial charge in [0.15, 0.2) is 0 Å². The van der Waals surface area contributed by atoms with Crippen LogP contribution in [0.1, 0.15) is 19.1 Å². The highest BCUT2D eigenvalue weighted by atomic mass is 16.3. The maximum atomic E-state index is 11.7. The first kappa shape index (κ1) is 11.4. The molecule has 0 aliphatic rings. The maximum Gasteiger partial charge on any atom is 0.352 e. The molecule has 0 unspecified atom stereocenters. The summed E-state index contributed by atoms with van der Waals surface area (Å²) in [5.74, 6) is 1.07. The van der Waals surface area contributed by atoms with Crippen LogP contribution >= 0.6 is 0 Å². The summed E-state index contributed by atoms with van der Waals surface area (Å²) in [6.07, 6.45) is 3.99. The Morgan fingerprint density at radius 2 is 2.41 bits per heavy atom. The number of hydrogen-bond donors (Lipinski definition) is 1. The van der Waals surface area contributed by atoms with E-state index in [-0.39, 0.29) is 5.69 Å². The van der Waals surface area contributed by atoms with Crippen molar-refractivity contribution in [3.05, 3.63) is 41.0 Å². The van der Waals surface area contributed by atoms with Gasteiger partial charge in [-0.25, -0.2) is 9.78 Å². The predicted octanol–water partition coefficient (Wildman–Crippen LogP) is 1.10. The van der Waals surface area contributed by atoms with E-state index in [1.165, 1.54) is 10.9 Å². The van der Waals surface area contributed by atoms with Gasteiger partial charge in [0.2, 0.25) is 5.95 Å². The topological polar surface area (TPSA) is 73.0 Å². The second-order valence-electron chi connectivity index (χ2n) is 3.60. The third kappa shape index (κ3) is 2.93. The van der Waals surface area contributed by atoms with Crippen LogP contribution in [0, 0.1) is 0 Å². The van der Waals surface area contributed by atoms with Crippen molar-refractivity contribution in [3.8, 4) is 0 Å². The van der Waals surface area contributed by atoms with Crippen LogP contribution in [0.15, 0.2) is 33.9 Å². The molecule has 2 aromatic heterocycles. The fourth-order valence-corrected chi connectivity index (χ4v) is 1.36. The number of hydrogen-bond acceptors (Lipinski definition) is 5. The fraction of sp³-hybridized carbons (Fsp3) is 0.364. The molecule has 0 aliphatic heterocycles. The van der Waals surface area contributed by atoms with E-state index in [2.05, 4.69) is 15.3 Å². The van der Waals surface area contributed by atoms with Crippen LogP contribution in [0.25, 0.3) is 0 Å². The van der Waals surface area contributed by atoms with Crippen LogP contribution in [0.4, 0.5) is 5.95 Å². The third-order valence-corrected chi connectivity index (χ3v) is 2.21. The molecule has 2 heterocycles. The van der Waals surface area contributed by atoms with Gasteiger partial charge in [0, 0.05) is 6.54 Å². The van der Waals surface area contributed by atoms with E-state index in [1.54, 1.807) is 18.4 Å². The van der Waals surface area contributed by atoms with E-state index >= 15 is 0 Å². The van der Waals surface area contributed by atoms with Crippen LogP contribution < -0.4 is 11.0 Å². The van der Waals surface area contributed by atoms with Crippen molar-refractivity contribution in [2.24, 2.45) is 0 Å². The highest BCUT2D eigenvalue weighted by molar-refractivity contribution is 5.20. The zero-order chi connectivity index (χ0) is 12.1. The average Bonchev–Trinajstić information content (AvgIpc) is 2.82. The molecule has 1 N–H and O–H groups in total. The van der Waals surface area contributed by atoms with Crippen LogP contribution in [-0.4, -0.2) is 21.1 Å². The first-order chi connectivity index (χ1) is 8.29. The SMILES string of the molecule is CCCNc1ncn(Cc2ccco2)c(=O)n1. The first-order valence-electron chi connectivity index (χ1n) is 5.49. The Morgan fingerprint density at radius 1 is 1.53 bits per heavy atom. The second kappa shape index (κ2) is 5.29. The zero-order valence-corrected chi connectivity index (χ0v) is 9.59. The highest BCUT2D eigenvalue weighted by Gasteiger charge is 2.03. The van der Waals surface area contributed by atoms with Crippen molar-refractivity contribution < 1.29 is 4.42 Å². The van der Waals surface area contributed by atoms with Crippen LogP contribution in [0.2, 0.25) is 0 Å². The Labute approximate surface area is 98.3 Å². The van der Waals surface area contributed by atoms with Crippen molar-refractivity contribution in [3.63, 3.8) is 0 Å². The number of rotatable bonds is 5. The molecule has 2 rings (SSSR count). The quantitative estimate of drug-likeness (QED) is 0.838. The van der Waals surface area contributed by atoms with E-state index in [9.17, 15) is 4.79 Å². The summed E-state index contributed by atoms with van der Waals surface area (Å²) in [5.41, 5.74) is -0.338. The van der Waals surface area contributed by atoms with Gasteiger partial charge < -0.3 is 9.73 Å². The normalized spacial score (nSPS) is 10.4. The van der Waals surface area contributed by atoms with Gasteiger partial charge in [0.25, 0.3) is 0 Å². The van der Waals surface area contributed by atoms with Gasteiger partial charge in [-0.3, -0.25) is 4.57 Å². The lowest BCUT2D eigenvalue weighted by atomic mass is 10.4. The maximum absolute atomic E-state index is 11.7. The minimum atomic E-state index is -0.338. The molecule has 0 bridgehead atoms. The summed E-state index contributed by atoms with van der Waals surface area (Å²) in [7, 11) is 0. The predicted molar refractivity (Wildman–Crippen MR) is 62.9 cm³/mol. The van der Waals surface area contributed by atoms with Crippen molar-refractivity contribution >= 4 is 5.95 Å². The molecule has 0 saturated carbocycles. The summed E-state index contributed by atoms with van der Waals surface area (Å²) < 4.78 is 6.56. The largest absolute Gasteiger partial charge is 0.467 e. The lowest BCUT2D eigenvalue weighted by molar-refractivity contribution is 0.485. The molecule has 0 radical (unpaired) electrons. The van der Waals surface area contributed by atoms with Gasteiger partial charge in [-0.2, -0.15) is 4.98 Å². The highest BCUT2D eigenvalue weighted by Crippen LogP contribution is 2.01. The molecule has 0 spiro atoms. The van der Waals surface area contributed by atoms with E-state index in [4.69, 9.17) is 4.42 Å². The molecular formula is C11H14N4O2. The standard InChI is InChI=1S/C11H14N4O2/c1-2-5-12-10-13-8-15(11(16)14-10)7-9-4-3-6-17-9/h3-4,6,8H,2,5,7H2,1H3,(H,12,14,16). The van der Waals surface area contributed by atoms with Crippen molar-refractivity contribution in [2.75, 3.05) is 11.9 Å². The minimum absolute atomic E-state index is 0.338. The van der Waals surface area contributed by atoms with Gasteiger partial charge in [-0.1, -0.05) is 6.92 Å². The number of nitrogens with zero attached hydrogens (tertiary/aromatic N) is 3. The lowest BCUT2D eigenvalue weighted by Gasteiger charge is -2.04. The van der Waals surface area contributed by atoms with Crippen LogP contribution in [-0.2, 0) is 6.54 Å². The van der Waals surface area contributed by atoms with Crippen LogP contribution in [0.5, 0.6) is 0 Å². The smallest absolute Gasteiger partial charge is 0.352 e. The van der Waals surface area contributed by atoms with Gasteiger partial charge in [0.05, 0.1) is 12.8 Å². The summed E-state index contributed by atoms with van der Waals surface area (Å²) in [4.78, 5) is 19.6. The zero-order valence-electron chi connectivity index (χ0n) is 9.59. The van der Waals surface area contributed by atoms with E-state index < -0.39 is 0 Å². The molecule has 0 aliphatic carbocycles. The number of nitrogens with one attached hydrogen (secondary N) is 1. The molecule has 6 nitrogen and oxygen atoms in total. The van der Waals surface area contributed by atoms with Gasteiger partial charge in [-0.15, -0.1) is 0 Å². The summed E-state index contributed by atoms with van der Waals surface area (Å²) in [5, 5.41) is 2.96. The number of aromatic nitrogens is 3. The van der Waals surface area contributed by atoms with Crippen LogP contribution in [0.3, 0.4) is 0 Å². The first-order valence-corrected chi connectivity index (χ1v) is 5.49. The lowest BCUT2D eigenvalue weighted by Crippen LogP contribution is -2.25. The molecule has 0 fully saturated rings. The fourth-order valence-electron chi connectivity index (χ4n) is 1.36. The van der Waals surface area contributed by atoms with Gasteiger partial charge in [0.1, 0.15) is 12.1 Å². The van der Waals surface area contributed by atoms with E-state index in [1.807, 2.05) is 6.92 Å². The molecule has 0 amide bonds. The van der Waals surface area contributed by atoms with E-state index in [0.29, 0.717) is 18.3 Å². The number of furan rings is 1. The molecule has 2 aromatic rings. The monoisotopic (exact) mass is 234 g/mol. The minimum Gasteiger partial charge on any atom is -0.467 e. The van der Waals surface area contributed by atoms with E-state index in [0.717, 1.165) is 13.0 Å². The molecule has 0 aromatic carbocycles. The Hall–Kier alpha value is -2.11. The Morgan fingerprint density at radius 3 is 3.06 bits per heavy atom. The molecule has 0 atom stereocenters. The van der Waals surface area contributed by atoms with Gasteiger partial charge in [-0.05, 0) is 18.6 Å². The average molecular weight is 234 g/mol.